The summed E-state index contributed by atoms with van der Waals surface area (Å²) in [6, 6.07) is 6.60. The molecule has 0 saturated heterocycles. The minimum atomic E-state index is -2.53. The molecule has 0 amide bonds. The predicted molar refractivity (Wildman–Crippen MR) is 133 cm³/mol. The molecular formula is C25H36BrF2NOSi. The largest absolute Gasteiger partial charge is 0.410 e. The normalized spacial score (nSPS) is 13.3. The second-order valence-electron chi connectivity index (χ2n) is 9.31. The van der Waals surface area contributed by atoms with Gasteiger partial charge in [0.15, 0.2) is 0 Å². The van der Waals surface area contributed by atoms with Crippen molar-refractivity contribution in [3.8, 4) is 11.1 Å². The van der Waals surface area contributed by atoms with Gasteiger partial charge in [-0.05, 0) is 60.2 Å². The van der Waals surface area contributed by atoms with E-state index in [1.165, 1.54) is 12.1 Å². The van der Waals surface area contributed by atoms with Crippen molar-refractivity contribution in [1.82, 2.24) is 4.98 Å². The Kier molecular flexibility index (Phi) is 9.40. The summed E-state index contributed by atoms with van der Waals surface area (Å²) in [5, 5.41) is 0.633. The van der Waals surface area contributed by atoms with E-state index in [1.807, 2.05) is 32.2 Å². The molecule has 0 radical (unpaired) electrons. The Morgan fingerprint density at radius 2 is 1.55 bits per heavy atom. The maximum Gasteiger partial charge on any atom is 0.221 e. The second kappa shape index (κ2) is 11.1. The van der Waals surface area contributed by atoms with Gasteiger partial charge >= 0.3 is 0 Å². The third-order valence-electron chi connectivity index (χ3n) is 5.71. The van der Waals surface area contributed by atoms with Crippen molar-refractivity contribution in [2.75, 3.05) is 0 Å². The lowest BCUT2D eigenvalue weighted by atomic mass is 9.88. The molecule has 0 saturated carbocycles. The number of halogens is 3. The molecule has 1 aromatic carbocycles. The van der Waals surface area contributed by atoms with Crippen molar-refractivity contribution in [3.63, 3.8) is 0 Å². The van der Waals surface area contributed by atoms with Crippen molar-refractivity contribution < 1.29 is 13.2 Å². The minimum Gasteiger partial charge on any atom is -0.410 e. The van der Waals surface area contributed by atoms with Crippen molar-refractivity contribution in [1.29, 1.82) is 0 Å². The molecule has 0 fully saturated rings. The zero-order valence-corrected chi connectivity index (χ0v) is 22.4. The number of nitrogens with zero attached hydrogens (tertiary/aromatic N) is 1. The molecule has 0 N–H and O–H groups in total. The van der Waals surface area contributed by atoms with E-state index < -0.39 is 14.1 Å². The maximum atomic E-state index is 14.8. The Morgan fingerprint density at radius 3 is 2.03 bits per heavy atom. The van der Waals surface area contributed by atoms with Gasteiger partial charge in [0, 0.05) is 22.3 Å². The van der Waals surface area contributed by atoms with E-state index in [2.05, 4.69) is 43.6 Å². The fraction of sp³-hybridized carbons (Fsp3) is 0.560. The van der Waals surface area contributed by atoms with Crippen LogP contribution in [0.4, 0.5) is 8.78 Å². The molecule has 172 valence electrons. The first-order valence-electron chi connectivity index (χ1n) is 11.2. The van der Waals surface area contributed by atoms with Crippen molar-refractivity contribution >= 4 is 24.2 Å². The van der Waals surface area contributed by atoms with Crippen LogP contribution in [0.25, 0.3) is 11.1 Å². The predicted octanol–water partition coefficient (Wildman–Crippen LogP) is 8.43. The summed E-state index contributed by atoms with van der Waals surface area (Å²) in [5.41, 5.74) is 6.07. The van der Waals surface area contributed by atoms with E-state index in [1.54, 1.807) is 0 Å². The van der Waals surface area contributed by atoms with Crippen LogP contribution in [0.3, 0.4) is 0 Å². The van der Waals surface area contributed by atoms with Crippen LogP contribution >= 0.6 is 15.9 Å². The van der Waals surface area contributed by atoms with Crippen molar-refractivity contribution in [2.24, 2.45) is 0 Å². The molecule has 2 aromatic rings. The average molecular weight is 513 g/mol. The summed E-state index contributed by atoms with van der Waals surface area (Å²) in [6.07, 6.45) is 1.33. The van der Waals surface area contributed by atoms with Gasteiger partial charge in [-0.3, -0.25) is 4.98 Å². The van der Waals surface area contributed by atoms with Crippen LogP contribution in [0, 0.1) is 5.82 Å². The number of alkyl halides is 2. The number of pyridine rings is 1. The molecule has 0 aliphatic rings. The lowest BCUT2D eigenvalue weighted by Gasteiger charge is -2.29. The molecule has 2 rings (SSSR count). The lowest BCUT2D eigenvalue weighted by Crippen LogP contribution is -2.42. The van der Waals surface area contributed by atoms with Crippen LogP contribution in [-0.2, 0) is 16.4 Å². The summed E-state index contributed by atoms with van der Waals surface area (Å²) in [4.78, 5) is 5.07. The van der Waals surface area contributed by atoms with E-state index in [4.69, 9.17) is 9.41 Å². The topological polar surface area (TPSA) is 22.1 Å². The molecule has 1 unspecified atom stereocenters. The smallest absolute Gasteiger partial charge is 0.221 e. The molecule has 2 nitrogen and oxygen atoms in total. The highest BCUT2D eigenvalue weighted by Gasteiger charge is 2.34. The highest BCUT2D eigenvalue weighted by Crippen LogP contribution is 2.38. The molecule has 1 heterocycles. The minimum absolute atomic E-state index is 0.182. The number of hydrogen-bond acceptors (Lipinski definition) is 2. The Bertz CT molecular complexity index is 869. The maximum absolute atomic E-state index is 14.8. The number of aromatic nitrogens is 1. The molecule has 0 aliphatic carbocycles. The van der Waals surface area contributed by atoms with E-state index in [-0.39, 0.29) is 17.7 Å². The first kappa shape index (κ1) is 26.1. The molecule has 0 bridgehead atoms. The second-order valence-corrected chi connectivity index (χ2v) is 14.0. The molecule has 31 heavy (non-hydrogen) atoms. The van der Waals surface area contributed by atoms with E-state index in [0.717, 1.165) is 40.1 Å². The van der Waals surface area contributed by atoms with E-state index >= 15 is 0 Å². The summed E-state index contributed by atoms with van der Waals surface area (Å²) < 4.78 is 34.8. The molecule has 1 atom stereocenters. The van der Waals surface area contributed by atoms with Gasteiger partial charge in [0.2, 0.25) is 8.32 Å². The van der Waals surface area contributed by atoms with Crippen LogP contribution in [0.1, 0.15) is 81.8 Å². The quantitative estimate of drug-likeness (QED) is 0.235. The standard InChI is InChI=1S/C25H36BrF2NOSi/c1-8-9-22(28)31(6,7)30-15-21-23(18-10-12-19(27)13-11-18)20(14-26)24(16(2)3)29-25(21)17(4)5/h10-13,16-17,22H,8-9,14-15H2,1-7H3. The van der Waals surface area contributed by atoms with Gasteiger partial charge in [-0.15, -0.1) is 0 Å². The van der Waals surface area contributed by atoms with Crippen LogP contribution in [0.2, 0.25) is 13.1 Å². The fourth-order valence-corrected chi connectivity index (χ4v) is 6.10. The molecule has 0 spiro atoms. The van der Waals surface area contributed by atoms with Gasteiger partial charge in [-0.2, -0.15) is 0 Å². The lowest BCUT2D eigenvalue weighted by molar-refractivity contribution is 0.250. The summed E-state index contributed by atoms with van der Waals surface area (Å²) in [7, 11) is -2.53. The van der Waals surface area contributed by atoms with Crippen LogP contribution < -0.4 is 0 Å². The highest BCUT2D eigenvalue weighted by atomic mass is 79.9. The molecule has 1 aromatic heterocycles. The molecule has 0 aliphatic heterocycles. The van der Waals surface area contributed by atoms with Gasteiger partial charge in [0.25, 0.3) is 0 Å². The van der Waals surface area contributed by atoms with Gasteiger partial charge in [0.1, 0.15) is 11.6 Å². The SMILES string of the molecule is CCCC(F)[Si](C)(C)OCc1c(C(C)C)nc(C(C)C)c(CBr)c1-c1ccc(F)cc1. The van der Waals surface area contributed by atoms with Crippen LogP contribution in [-0.4, -0.2) is 19.1 Å². The van der Waals surface area contributed by atoms with Gasteiger partial charge < -0.3 is 4.43 Å². The first-order chi connectivity index (χ1) is 14.5. The van der Waals surface area contributed by atoms with Gasteiger partial charge in [-0.25, -0.2) is 8.78 Å². The van der Waals surface area contributed by atoms with Gasteiger partial charge in [-0.1, -0.05) is 69.1 Å². The van der Waals surface area contributed by atoms with E-state index in [9.17, 15) is 8.78 Å². The van der Waals surface area contributed by atoms with Crippen LogP contribution in [0.5, 0.6) is 0 Å². The number of hydrogen-bond donors (Lipinski definition) is 0. The Hall–Kier alpha value is -1.11. The summed E-state index contributed by atoms with van der Waals surface area (Å²) in [6.45, 7) is 14.7. The third-order valence-corrected chi connectivity index (χ3v) is 8.95. The molecular weight excluding hydrogens is 476 g/mol. The Labute approximate surface area is 196 Å². The Balaban J connectivity index is 2.70. The number of benzene rings is 1. The summed E-state index contributed by atoms with van der Waals surface area (Å²) in [5.74, 6) is -0.753. The first-order valence-corrected chi connectivity index (χ1v) is 15.3. The third kappa shape index (κ3) is 6.23. The van der Waals surface area contributed by atoms with Crippen molar-refractivity contribution in [3.05, 3.63) is 52.6 Å². The molecule has 6 heteroatoms. The zero-order valence-electron chi connectivity index (χ0n) is 19.9. The highest BCUT2D eigenvalue weighted by molar-refractivity contribution is 9.08. The monoisotopic (exact) mass is 511 g/mol. The summed E-state index contributed by atoms with van der Waals surface area (Å²) >= 11 is 3.66. The van der Waals surface area contributed by atoms with Gasteiger partial charge in [0.05, 0.1) is 6.61 Å². The van der Waals surface area contributed by atoms with E-state index in [0.29, 0.717) is 18.4 Å². The fourth-order valence-electron chi connectivity index (χ4n) is 3.85. The van der Waals surface area contributed by atoms with Crippen molar-refractivity contribution in [2.45, 2.75) is 90.1 Å². The zero-order chi connectivity index (χ0) is 23.3. The Morgan fingerprint density at radius 1 is 1.00 bits per heavy atom. The average Bonchev–Trinajstić information content (AvgIpc) is 2.71. The van der Waals surface area contributed by atoms with Crippen LogP contribution in [0.15, 0.2) is 24.3 Å². The number of rotatable bonds is 10.